The van der Waals surface area contributed by atoms with Gasteiger partial charge in [0.05, 0.1) is 6.10 Å². The van der Waals surface area contributed by atoms with E-state index < -0.39 is 0 Å². The number of nitrogens with one attached hydrogen (secondary N) is 1. The van der Waals surface area contributed by atoms with Crippen molar-refractivity contribution in [3.63, 3.8) is 0 Å². The molecular formula is C13H26N2O. The van der Waals surface area contributed by atoms with Crippen LogP contribution in [0.1, 0.15) is 26.7 Å². The largest absolute Gasteiger partial charge is 0.377 e. The fourth-order valence-corrected chi connectivity index (χ4v) is 2.06. The number of ether oxygens (including phenoxy) is 1. The Bertz CT molecular complexity index is 200. The van der Waals surface area contributed by atoms with Crippen molar-refractivity contribution in [3.05, 3.63) is 12.2 Å². The molecule has 1 aliphatic heterocycles. The molecule has 0 aliphatic carbocycles. The van der Waals surface area contributed by atoms with Gasteiger partial charge in [0, 0.05) is 26.2 Å². The molecule has 0 aromatic rings. The first-order valence-electron chi connectivity index (χ1n) is 6.47. The molecule has 3 nitrogen and oxygen atoms in total. The monoisotopic (exact) mass is 226 g/mol. The second-order valence-electron chi connectivity index (χ2n) is 4.49. The van der Waals surface area contributed by atoms with Crippen LogP contribution in [0.3, 0.4) is 0 Å². The van der Waals surface area contributed by atoms with E-state index >= 15 is 0 Å². The lowest BCUT2D eigenvalue weighted by molar-refractivity contribution is 0.0776. The van der Waals surface area contributed by atoms with Crippen LogP contribution in [-0.2, 0) is 4.74 Å². The Morgan fingerprint density at radius 1 is 1.50 bits per heavy atom. The molecule has 1 fully saturated rings. The first-order valence-corrected chi connectivity index (χ1v) is 6.47. The van der Waals surface area contributed by atoms with Crippen LogP contribution in [0, 0.1) is 0 Å². The molecular weight excluding hydrogens is 200 g/mol. The summed E-state index contributed by atoms with van der Waals surface area (Å²) >= 11 is 0. The summed E-state index contributed by atoms with van der Waals surface area (Å²) in [6.07, 6.45) is 2.89. The number of nitrogens with zero attached hydrogens (tertiary/aromatic N) is 1. The third-order valence-corrected chi connectivity index (χ3v) is 3.01. The minimum absolute atomic E-state index is 0.451. The summed E-state index contributed by atoms with van der Waals surface area (Å²) in [5, 5.41) is 3.31. The van der Waals surface area contributed by atoms with Crippen LogP contribution in [0.15, 0.2) is 12.2 Å². The summed E-state index contributed by atoms with van der Waals surface area (Å²) in [6, 6.07) is 0. The highest BCUT2D eigenvalue weighted by atomic mass is 16.5. The van der Waals surface area contributed by atoms with Gasteiger partial charge in [0.1, 0.15) is 0 Å². The van der Waals surface area contributed by atoms with Gasteiger partial charge in [-0.05, 0) is 31.5 Å². The number of hydrogen-bond donors (Lipinski definition) is 1. The lowest BCUT2D eigenvalue weighted by atomic mass is 10.2. The zero-order chi connectivity index (χ0) is 11.8. The first kappa shape index (κ1) is 13.7. The Hall–Kier alpha value is -0.380. The fourth-order valence-electron chi connectivity index (χ4n) is 2.06. The maximum absolute atomic E-state index is 5.66. The van der Waals surface area contributed by atoms with Crippen molar-refractivity contribution in [2.24, 2.45) is 0 Å². The highest BCUT2D eigenvalue weighted by molar-refractivity contribution is 4.99. The second kappa shape index (κ2) is 7.82. The molecule has 1 unspecified atom stereocenters. The van der Waals surface area contributed by atoms with Crippen molar-refractivity contribution in [2.45, 2.75) is 32.8 Å². The Morgan fingerprint density at radius 3 is 2.88 bits per heavy atom. The summed E-state index contributed by atoms with van der Waals surface area (Å²) in [5.74, 6) is 0. The van der Waals surface area contributed by atoms with Gasteiger partial charge in [0.15, 0.2) is 0 Å². The number of rotatable bonds is 8. The Labute approximate surface area is 99.8 Å². The third-order valence-electron chi connectivity index (χ3n) is 3.01. The van der Waals surface area contributed by atoms with Crippen molar-refractivity contribution in [1.82, 2.24) is 10.2 Å². The molecule has 1 saturated heterocycles. The quantitative estimate of drug-likeness (QED) is 0.637. The Balaban J connectivity index is 2.21. The zero-order valence-corrected chi connectivity index (χ0v) is 10.8. The highest BCUT2D eigenvalue weighted by Gasteiger charge is 2.18. The summed E-state index contributed by atoms with van der Waals surface area (Å²) < 4.78 is 5.66. The second-order valence-corrected chi connectivity index (χ2v) is 4.49. The van der Waals surface area contributed by atoms with Crippen molar-refractivity contribution < 1.29 is 4.74 Å². The molecule has 1 heterocycles. The minimum atomic E-state index is 0.451. The molecule has 1 N–H and O–H groups in total. The SMILES string of the molecule is C=C(CNCC)CN(CC)CC1CCCO1. The molecule has 3 heteroatoms. The van der Waals surface area contributed by atoms with Crippen LogP contribution >= 0.6 is 0 Å². The van der Waals surface area contributed by atoms with E-state index in [1.807, 2.05) is 0 Å². The van der Waals surface area contributed by atoms with Crippen LogP contribution < -0.4 is 5.32 Å². The van der Waals surface area contributed by atoms with Gasteiger partial charge >= 0.3 is 0 Å². The van der Waals surface area contributed by atoms with E-state index in [1.54, 1.807) is 0 Å². The molecule has 1 aliphatic rings. The van der Waals surface area contributed by atoms with Crippen molar-refractivity contribution in [3.8, 4) is 0 Å². The number of hydrogen-bond acceptors (Lipinski definition) is 3. The van der Waals surface area contributed by atoms with Crippen LogP contribution in [0.2, 0.25) is 0 Å². The van der Waals surface area contributed by atoms with Gasteiger partial charge in [-0.15, -0.1) is 0 Å². The maximum atomic E-state index is 5.66. The maximum Gasteiger partial charge on any atom is 0.0702 e. The van der Waals surface area contributed by atoms with Crippen LogP contribution in [0.25, 0.3) is 0 Å². The summed E-state index contributed by atoms with van der Waals surface area (Å²) in [5.41, 5.74) is 1.27. The zero-order valence-electron chi connectivity index (χ0n) is 10.8. The first-order chi connectivity index (χ1) is 7.76. The molecule has 0 bridgehead atoms. The average Bonchev–Trinajstić information content (AvgIpc) is 2.78. The van der Waals surface area contributed by atoms with Gasteiger partial charge in [-0.3, -0.25) is 4.90 Å². The fraction of sp³-hybridized carbons (Fsp3) is 0.846. The van der Waals surface area contributed by atoms with Crippen molar-refractivity contribution >= 4 is 0 Å². The molecule has 0 aromatic heterocycles. The summed E-state index contributed by atoms with van der Waals surface area (Å²) in [4.78, 5) is 2.43. The molecule has 0 amide bonds. The predicted molar refractivity (Wildman–Crippen MR) is 68.8 cm³/mol. The van der Waals surface area contributed by atoms with E-state index in [2.05, 4.69) is 30.6 Å². The molecule has 16 heavy (non-hydrogen) atoms. The van der Waals surface area contributed by atoms with Gasteiger partial charge in [-0.2, -0.15) is 0 Å². The van der Waals surface area contributed by atoms with Gasteiger partial charge in [0.25, 0.3) is 0 Å². The van der Waals surface area contributed by atoms with E-state index in [9.17, 15) is 0 Å². The molecule has 0 spiro atoms. The van der Waals surface area contributed by atoms with E-state index in [4.69, 9.17) is 4.74 Å². The molecule has 1 atom stereocenters. The van der Waals surface area contributed by atoms with Crippen molar-refractivity contribution in [2.75, 3.05) is 39.3 Å². The van der Waals surface area contributed by atoms with E-state index in [-0.39, 0.29) is 0 Å². The topological polar surface area (TPSA) is 24.5 Å². The van der Waals surface area contributed by atoms with Crippen LogP contribution in [0.4, 0.5) is 0 Å². The number of likely N-dealkylation sites (N-methyl/N-ethyl adjacent to an activating group) is 2. The smallest absolute Gasteiger partial charge is 0.0702 e. The normalized spacial score (nSPS) is 20.6. The molecule has 0 radical (unpaired) electrons. The van der Waals surface area contributed by atoms with Gasteiger partial charge in [-0.25, -0.2) is 0 Å². The molecule has 1 rings (SSSR count). The van der Waals surface area contributed by atoms with Crippen LogP contribution in [0.5, 0.6) is 0 Å². The predicted octanol–water partition coefficient (Wildman–Crippen LogP) is 1.65. The van der Waals surface area contributed by atoms with E-state index in [1.165, 1.54) is 18.4 Å². The van der Waals surface area contributed by atoms with E-state index in [0.717, 1.165) is 39.3 Å². The molecule has 0 saturated carbocycles. The highest BCUT2D eigenvalue weighted by Crippen LogP contribution is 2.13. The molecule has 0 aromatic carbocycles. The molecule has 94 valence electrons. The van der Waals surface area contributed by atoms with Crippen molar-refractivity contribution in [1.29, 1.82) is 0 Å². The Kier molecular flexibility index (Phi) is 6.69. The lowest BCUT2D eigenvalue weighted by Crippen LogP contribution is -2.35. The minimum Gasteiger partial charge on any atom is -0.377 e. The Morgan fingerprint density at radius 2 is 2.31 bits per heavy atom. The third kappa shape index (κ3) is 5.10. The summed E-state index contributed by atoms with van der Waals surface area (Å²) in [6.45, 7) is 14.4. The lowest BCUT2D eigenvalue weighted by Gasteiger charge is -2.24. The van der Waals surface area contributed by atoms with Gasteiger partial charge in [-0.1, -0.05) is 20.4 Å². The van der Waals surface area contributed by atoms with Crippen LogP contribution in [-0.4, -0.2) is 50.3 Å². The van der Waals surface area contributed by atoms with Gasteiger partial charge < -0.3 is 10.1 Å². The standard InChI is InChI=1S/C13H26N2O/c1-4-14-9-12(3)10-15(5-2)11-13-7-6-8-16-13/h13-14H,3-11H2,1-2H3. The van der Waals surface area contributed by atoms with E-state index in [0.29, 0.717) is 6.10 Å². The average molecular weight is 226 g/mol. The summed E-state index contributed by atoms with van der Waals surface area (Å²) in [7, 11) is 0. The van der Waals surface area contributed by atoms with Gasteiger partial charge in [0.2, 0.25) is 0 Å².